The monoisotopic (exact) mass is 403 g/mol. The number of hydrogen-bond acceptors (Lipinski definition) is 5. The molecule has 2 aliphatic rings. The standard InChI is InChI=1S/C21H29N3O5/c1-4-28-17-12-15(8-9-16(17)29-13-14(2)3)18(25)23-24-19(26)21(22-20(24)27)10-6-5-7-11-21/h8-9,12,14H,4-7,10-11,13H2,1-3H3,(H,22,27)(H,23,25). The maximum absolute atomic E-state index is 12.8. The number of nitrogens with one attached hydrogen (secondary N) is 2. The van der Waals surface area contributed by atoms with Gasteiger partial charge in [0.15, 0.2) is 11.5 Å². The minimum absolute atomic E-state index is 0.274. The Labute approximate surface area is 170 Å². The third kappa shape index (κ3) is 4.46. The van der Waals surface area contributed by atoms with Gasteiger partial charge in [0.1, 0.15) is 5.54 Å². The predicted octanol–water partition coefficient (Wildman–Crippen LogP) is 3.02. The van der Waals surface area contributed by atoms with Crippen molar-refractivity contribution in [3.63, 3.8) is 0 Å². The Hall–Kier alpha value is -2.77. The summed E-state index contributed by atoms with van der Waals surface area (Å²) >= 11 is 0. The first-order valence-corrected chi connectivity index (χ1v) is 10.2. The van der Waals surface area contributed by atoms with Crippen molar-refractivity contribution in [1.29, 1.82) is 0 Å². The lowest BCUT2D eigenvalue weighted by molar-refractivity contribution is -0.134. The molecule has 29 heavy (non-hydrogen) atoms. The zero-order chi connectivity index (χ0) is 21.0. The lowest BCUT2D eigenvalue weighted by Crippen LogP contribution is -2.50. The highest BCUT2D eigenvalue weighted by molar-refractivity contribution is 6.09. The SMILES string of the molecule is CCOc1cc(C(=O)NN2C(=O)NC3(CCCCC3)C2=O)ccc1OCC(C)C. The van der Waals surface area contributed by atoms with Crippen molar-refractivity contribution in [3.8, 4) is 11.5 Å². The zero-order valence-electron chi connectivity index (χ0n) is 17.2. The van der Waals surface area contributed by atoms with Crippen molar-refractivity contribution in [2.75, 3.05) is 13.2 Å². The second-order valence-electron chi connectivity index (χ2n) is 7.95. The van der Waals surface area contributed by atoms with E-state index in [2.05, 4.69) is 10.7 Å². The highest BCUT2D eigenvalue weighted by Crippen LogP contribution is 2.33. The molecule has 1 aromatic carbocycles. The Morgan fingerprint density at radius 3 is 2.55 bits per heavy atom. The highest BCUT2D eigenvalue weighted by atomic mass is 16.5. The summed E-state index contributed by atoms with van der Waals surface area (Å²) in [6.45, 7) is 6.86. The number of benzene rings is 1. The second-order valence-corrected chi connectivity index (χ2v) is 7.95. The molecule has 1 aromatic rings. The van der Waals surface area contributed by atoms with Gasteiger partial charge in [0.05, 0.1) is 13.2 Å². The molecule has 8 heteroatoms. The summed E-state index contributed by atoms with van der Waals surface area (Å²) in [4.78, 5) is 37.9. The highest BCUT2D eigenvalue weighted by Gasteiger charge is 2.52. The predicted molar refractivity (Wildman–Crippen MR) is 107 cm³/mol. The minimum atomic E-state index is -0.881. The van der Waals surface area contributed by atoms with E-state index in [0.29, 0.717) is 43.5 Å². The molecule has 158 valence electrons. The normalized spacial score (nSPS) is 18.1. The Morgan fingerprint density at radius 2 is 1.90 bits per heavy atom. The molecule has 0 bridgehead atoms. The van der Waals surface area contributed by atoms with Crippen LogP contribution in [-0.2, 0) is 4.79 Å². The summed E-state index contributed by atoms with van der Waals surface area (Å²) in [5.41, 5.74) is 1.83. The van der Waals surface area contributed by atoms with Gasteiger partial charge in [-0.1, -0.05) is 33.1 Å². The smallest absolute Gasteiger partial charge is 0.344 e. The Morgan fingerprint density at radius 1 is 1.17 bits per heavy atom. The zero-order valence-corrected chi connectivity index (χ0v) is 17.2. The molecule has 0 radical (unpaired) electrons. The van der Waals surface area contributed by atoms with Gasteiger partial charge in [-0.2, -0.15) is 5.01 Å². The Bertz CT molecular complexity index is 787. The van der Waals surface area contributed by atoms with Gasteiger partial charge in [-0.25, -0.2) is 4.79 Å². The molecule has 0 unspecified atom stereocenters. The molecule has 3 rings (SSSR count). The molecule has 0 atom stereocenters. The van der Waals surface area contributed by atoms with Crippen LogP contribution >= 0.6 is 0 Å². The van der Waals surface area contributed by atoms with Crippen LogP contribution in [0.15, 0.2) is 18.2 Å². The first kappa shape index (κ1) is 21.0. The maximum atomic E-state index is 12.8. The summed E-state index contributed by atoms with van der Waals surface area (Å²) in [6, 6.07) is 4.22. The van der Waals surface area contributed by atoms with Crippen LogP contribution in [0.25, 0.3) is 0 Å². The summed E-state index contributed by atoms with van der Waals surface area (Å²) in [6.07, 6.45) is 4.00. The summed E-state index contributed by atoms with van der Waals surface area (Å²) in [7, 11) is 0. The van der Waals surface area contributed by atoms with Gasteiger partial charge in [0.2, 0.25) is 0 Å². The molecule has 0 aromatic heterocycles. The first-order valence-electron chi connectivity index (χ1n) is 10.2. The molecule has 1 saturated heterocycles. The number of ether oxygens (including phenoxy) is 2. The van der Waals surface area contributed by atoms with Gasteiger partial charge in [-0.05, 0) is 43.9 Å². The van der Waals surface area contributed by atoms with E-state index in [1.54, 1.807) is 18.2 Å². The molecule has 8 nitrogen and oxygen atoms in total. The molecule has 1 heterocycles. The Kier molecular flexibility index (Phi) is 6.30. The van der Waals surface area contributed by atoms with Crippen molar-refractivity contribution in [2.45, 2.75) is 58.4 Å². The van der Waals surface area contributed by atoms with Crippen molar-refractivity contribution < 1.29 is 23.9 Å². The molecule has 2 fully saturated rings. The largest absolute Gasteiger partial charge is 0.490 e. The summed E-state index contributed by atoms with van der Waals surface area (Å²) in [5.74, 6) is 0.393. The van der Waals surface area contributed by atoms with E-state index >= 15 is 0 Å². The van der Waals surface area contributed by atoms with E-state index in [0.717, 1.165) is 24.3 Å². The molecule has 1 saturated carbocycles. The lowest BCUT2D eigenvalue weighted by Gasteiger charge is -2.30. The number of rotatable bonds is 7. The van der Waals surface area contributed by atoms with Crippen LogP contribution in [-0.4, -0.2) is 41.6 Å². The number of urea groups is 1. The van der Waals surface area contributed by atoms with E-state index in [-0.39, 0.29) is 5.56 Å². The summed E-state index contributed by atoms with van der Waals surface area (Å²) in [5, 5.41) is 3.57. The van der Waals surface area contributed by atoms with Crippen molar-refractivity contribution in [2.24, 2.45) is 5.92 Å². The molecule has 1 aliphatic carbocycles. The van der Waals surface area contributed by atoms with Crippen molar-refractivity contribution >= 4 is 17.8 Å². The summed E-state index contributed by atoms with van der Waals surface area (Å²) < 4.78 is 11.3. The van der Waals surface area contributed by atoms with Crippen LogP contribution in [0.4, 0.5) is 4.79 Å². The van der Waals surface area contributed by atoms with Gasteiger partial charge in [0, 0.05) is 5.56 Å². The fourth-order valence-corrected chi connectivity index (χ4v) is 3.68. The number of hydrazine groups is 1. The van der Waals surface area contributed by atoms with E-state index in [1.165, 1.54) is 0 Å². The molecular weight excluding hydrogens is 374 g/mol. The van der Waals surface area contributed by atoms with Crippen LogP contribution < -0.4 is 20.2 Å². The topological polar surface area (TPSA) is 97.0 Å². The first-order chi connectivity index (χ1) is 13.9. The average Bonchev–Trinajstić information content (AvgIpc) is 2.91. The number of imide groups is 1. The Balaban J connectivity index is 1.73. The number of amides is 4. The van der Waals surface area contributed by atoms with E-state index in [9.17, 15) is 14.4 Å². The van der Waals surface area contributed by atoms with Gasteiger partial charge in [-0.3, -0.25) is 15.0 Å². The number of carbonyl (C=O) groups is 3. The van der Waals surface area contributed by atoms with Gasteiger partial charge in [0.25, 0.3) is 11.8 Å². The van der Waals surface area contributed by atoms with E-state index in [1.807, 2.05) is 20.8 Å². The number of hydrogen-bond donors (Lipinski definition) is 2. The third-order valence-corrected chi connectivity index (χ3v) is 5.16. The number of carbonyl (C=O) groups excluding carboxylic acids is 3. The fourth-order valence-electron chi connectivity index (χ4n) is 3.68. The minimum Gasteiger partial charge on any atom is -0.490 e. The fraction of sp³-hybridized carbons (Fsp3) is 0.571. The van der Waals surface area contributed by atoms with Gasteiger partial charge >= 0.3 is 6.03 Å². The van der Waals surface area contributed by atoms with Crippen LogP contribution in [0.2, 0.25) is 0 Å². The maximum Gasteiger partial charge on any atom is 0.344 e. The molecular formula is C21H29N3O5. The van der Waals surface area contributed by atoms with Crippen LogP contribution in [0.1, 0.15) is 63.2 Å². The average molecular weight is 403 g/mol. The van der Waals surface area contributed by atoms with Gasteiger partial charge in [-0.15, -0.1) is 0 Å². The van der Waals surface area contributed by atoms with Gasteiger partial charge < -0.3 is 14.8 Å². The number of nitrogens with zero attached hydrogens (tertiary/aromatic N) is 1. The quantitative estimate of drug-likeness (QED) is 0.682. The van der Waals surface area contributed by atoms with Crippen molar-refractivity contribution in [3.05, 3.63) is 23.8 Å². The lowest BCUT2D eigenvalue weighted by atomic mass is 9.82. The van der Waals surface area contributed by atoms with E-state index < -0.39 is 23.4 Å². The molecule has 4 amide bonds. The molecule has 2 N–H and O–H groups in total. The molecule has 1 aliphatic heterocycles. The second kappa shape index (κ2) is 8.71. The molecule has 1 spiro atoms. The van der Waals surface area contributed by atoms with E-state index in [4.69, 9.17) is 9.47 Å². The van der Waals surface area contributed by atoms with Crippen LogP contribution in [0, 0.1) is 5.92 Å². The van der Waals surface area contributed by atoms with Crippen LogP contribution in [0.5, 0.6) is 11.5 Å². The van der Waals surface area contributed by atoms with Crippen LogP contribution in [0.3, 0.4) is 0 Å². The third-order valence-electron chi connectivity index (χ3n) is 5.16. The van der Waals surface area contributed by atoms with Crippen molar-refractivity contribution in [1.82, 2.24) is 15.8 Å².